The van der Waals surface area contributed by atoms with Crippen LogP contribution in [0.2, 0.25) is 5.02 Å². The summed E-state index contributed by atoms with van der Waals surface area (Å²) in [6.07, 6.45) is 0.724. The van der Waals surface area contributed by atoms with Gasteiger partial charge in [0.2, 0.25) is 0 Å². The van der Waals surface area contributed by atoms with Gasteiger partial charge in [0.1, 0.15) is 0 Å². The Morgan fingerprint density at radius 2 is 1.73 bits per heavy atom. The van der Waals surface area contributed by atoms with Crippen LogP contribution in [0.4, 0.5) is 4.79 Å². The summed E-state index contributed by atoms with van der Waals surface area (Å²) in [5, 5.41) is 0.655. The van der Waals surface area contributed by atoms with Crippen molar-refractivity contribution in [3.8, 4) is 5.69 Å². The van der Waals surface area contributed by atoms with Crippen LogP contribution in [0.1, 0.15) is 28.2 Å². The molecular formula is C19H23ClN4O2. The van der Waals surface area contributed by atoms with Crippen molar-refractivity contribution in [1.29, 1.82) is 0 Å². The van der Waals surface area contributed by atoms with Gasteiger partial charge in [-0.2, -0.15) is 0 Å². The summed E-state index contributed by atoms with van der Waals surface area (Å²) in [5.74, 6) is -0.0160. The number of hydrogen-bond acceptors (Lipinski definition) is 2. The van der Waals surface area contributed by atoms with Gasteiger partial charge in [0, 0.05) is 48.3 Å². The minimum Gasteiger partial charge on any atom is -0.351 e. The molecule has 0 bridgehead atoms. The van der Waals surface area contributed by atoms with Gasteiger partial charge in [-0.3, -0.25) is 4.79 Å². The van der Waals surface area contributed by atoms with E-state index < -0.39 is 6.03 Å². The molecule has 3 rings (SSSR count). The van der Waals surface area contributed by atoms with Crippen molar-refractivity contribution < 1.29 is 9.59 Å². The van der Waals surface area contributed by atoms with Crippen LogP contribution >= 0.6 is 11.6 Å². The number of nitrogens with zero attached hydrogens (tertiary/aromatic N) is 3. The van der Waals surface area contributed by atoms with E-state index in [1.54, 1.807) is 9.80 Å². The number of aryl methyl sites for hydroxylation is 1. The van der Waals surface area contributed by atoms with Gasteiger partial charge in [-0.05, 0) is 44.5 Å². The van der Waals surface area contributed by atoms with E-state index in [-0.39, 0.29) is 5.91 Å². The van der Waals surface area contributed by atoms with Crippen LogP contribution in [-0.2, 0) is 0 Å². The Labute approximate surface area is 158 Å². The number of halogens is 1. The molecule has 6 nitrogen and oxygen atoms in total. The number of amides is 3. The van der Waals surface area contributed by atoms with Crippen molar-refractivity contribution in [2.75, 3.05) is 26.2 Å². The smallest absolute Gasteiger partial charge is 0.314 e. The van der Waals surface area contributed by atoms with Crippen molar-refractivity contribution in [2.45, 2.75) is 20.3 Å². The average molecular weight is 375 g/mol. The van der Waals surface area contributed by atoms with E-state index in [2.05, 4.69) is 0 Å². The molecule has 7 heteroatoms. The molecule has 0 atom stereocenters. The first-order valence-electron chi connectivity index (χ1n) is 8.67. The lowest BCUT2D eigenvalue weighted by Gasteiger charge is -2.21. The van der Waals surface area contributed by atoms with Gasteiger partial charge >= 0.3 is 6.03 Å². The summed E-state index contributed by atoms with van der Waals surface area (Å²) in [6, 6.07) is 9.05. The molecule has 1 saturated heterocycles. The summed E-state index contributed by atoms with van der Waals surface area (Å²) < 4.78 is 2.03. The number of carbonyl (C=O) groups is 2. The van der Waals surface area contributed by atoms with Crippen molar-refractivity contribution in [2.24, 2.45) is 5.73 Å². The van der Waals surface area contributed by atoms with Gasteiger partial charge < -0.3 is 20.1 Å². The lowest BCUT2D eigenvalue weighted by atomic mass is 10.2. The van der Waals surface area contributed by atoms with Crippen molar-refractivity contribution in [1.82, 2.24) is 14.4 Å². The molecule has 3 amide bonds. The molecule has 0 saturated carbocycles. The quantitative estimate of drug-likeness (QED) is 0.877. The maximum absolute atomic E-state index is 13.1. The SMILES string of the molecule is Cc1cc(C(=O)N2CCCN(C(N)=O)CC2)c(C)n1-c1cccc(Cl)c1. The largest absolute Gasteiger partial charge is 0.351 e. The topological polar surface area (TPSA) is 71.6 Å². The highest BCUT2D eigenvalue weighted by Gasteiger charge is 2.25. The molecule has 2 N–H and O–H groups in total. The Balaban J connectivity index is 1.87. The Morgan fingerprint density at radius 3 is 2.42 bits per heavy atom. The number of rotatable bonds is 2. The lowest BCUT2D eigenvalue weighted by Crippen LogP contribution is -2.39. The molecule has 0 aliphatic carbocycles. The molecule has 1 aromatic carbocycles. The van der Waals surface area contributed by atoms with Crippen LogP contribution in [0.25, 0.3) is 5.69 Å². The third-order valence-electron chi connectivity index (χ3n) is 4.82. The Kier molecular flexibility index (Phi) is 5.23. The van der Waals surface area contributed by atoms with Gasteiger partial charge in [0.05, 0.1) is 5.56 Å². The molecule has 1 aliphatic heterocycles. The van der Waals surface area contributed by atoms with Crippen LogP contribution < -0.4 is 5.73 Å². The molecule has 2 aromatic rings. The van der Waals surface area contributed by atoms with Crippen LogP contribution in [-0.4, -0.2) is 52.5 Å². The van der Waals surface area contributed by atoms with Gasteiger partial charge in [-0.25, -0.2) is 4.79 Å². The van der Waals surface area contributed by atoms with Crippen LogP contribution in [0, 0.1) is 13.8 Å². The summed E-state index contributed by atoms with van der Waals surface area (Å²) in [6.45, 7) is 6.07. The molecule has 1 aromatic heterocycles. The number of nitrogens with two attached hydrogens (primary N) is 1. The van der Waals surface area contributed by atoms with Crippen LogP contribution in [0.3, 0.4) is 0 Å². The molecular weight excluding hydrogens is 352 g/mol. The predicted octanol–water partition coefficient (Wildman–Crippen LogP) is 2.97. The molecule has 0 unspecified atom stereocenters. The second-order valence-corrected chi connectivity index (χ2v) is 7.01. The summed E-state index contributed by atoms with van der Waals surface area (Å²) in [7, 11) is 0. The molecule has 0 radical (unpaired) electrons. The van der Waals surface area contributed by atoms with E-state index >= 15 is 0 Å². The van der Waals surface area contributed by atoms with E-state index in [0.29, 0.717) is 36.8 Å². The zero-order valence-corrected chi connectivity index (χ0v) is 15.8. The zero-order chi connectivity index (χ0) is 18.8. The fraction of sp³-hybridized carbons (Fsp3) is 0.368. The highest BCUT2D eigenvalue weighted by Crippen LogP contribution is 2.24. The third kappa shape index (κ3) is 3.55. The Bertz CT molecular complexity index is 846. The standard InChI is InChI=1S/C19H23ClN4O2/c1-13-11-17(14(2)24(13)16-6-3-5-15(20)12-16)18(25)22-7-4-8-23(10-9-22)19(21)26/h3,5-6,11-12H,4,7-10H2,1-2H3,(H2,21,26). The van der Waals surface area contributed by atoms with Gasteiger partial charge in [-0.15, -0.1) is 0 Å². The van der Waals surface area contributed by atoms with Gasteiger partial charge in [0.25, 0.3) is 5.91 Å². The zero-order valence-electron chi connectivity index (χ0n) is 15.0. The summed E-state index contributed by atoms with van der Waals surface area (Å²) in [4.78, 5) is 27.8. The first-order valence-corrected chi connectivity index (χ1v) is 9.05. The minimum atomic E-state index is -0.432. The van der Waals surface area contributed by atoms with Crippen molar-refractivity contribution in [3.05, 3.63) is 52.3 Å². The van der Waals surface area contributed by atoms with Crippen LogP contribution in [0.15, 0.2) is 30.3 Å². The number of benzene rings is 1. The second kappa shape index (κ2) is 7.41. The number of hydrogen-bond donors (Lipinski definition) is 1. The highest BCUT2D eigenvalue weighted by molar-refractivity contribution is 6.30. The Hall–Kier alpha value is -2.47. The number of carbonyl (C=O) groups excluding carboxylic acids is 2. The monoisotopic (exact) mass is 374 g/mol. The number of aromatic nitrogens is 1. The molecule has 1 aliphatic rings. The predicted molar refractivity (Wildman–Crippen MR) is 102 cm³/mol. The second-order valence-electron chi connectivity index (χ2n) is 6.57. The first kappa shape index (κ1) is 18.3. The molecule has 138 valence electrons. The lowest BCUT2D eigenvalue weighted by molar-refractivity contribution is 0.0762. The fourth-order valence-corrected chi connectivity index (χ4v) is 3.69. The van der Waals surface area contributed by atoms with Gasteiger partial charge in [0.15, 0.2) is 0 Å². The van der Waals surface area contributed by atoms with E-state index in [1.807, 2.05) is 48.7 Å². The molecule has 26 heavy (non-hydrogen) atoms. The van der Waals surface area contributed by atoms with Crippen molar-refractivity contribution >= 4 is 23.5 Å². The average Bonchev–Trinajstić information content (AvgIpc) is 2.77. The molecule has 2 heterocycles. The van der Waals surface area contributed by atoms with E-state index in [1.165, 1.54) is 0 Å². The maximum Gasteiger partial charge on any atom is 0.314 e. The number of primary amides is 1. The fourth-order valence-electron chi connectivity index (χ4n) is 3.50. The van der Waals surface area contributed by atoms with Crippen molar-refractivity contribution in [3.63, 3.8) is 0 Å². The van der Waals surface area contributed by atoms with Gasteiger partial charge in [-0.1, -0.05) is 17.7 Å². The first-order chi connectivity index (χ1) is 12.4. The molecule has 1 fully saturated rings. The maximum atomic E-state index is 13.1. The van der Waals surface area contributed by atoms with E-state index in [0.717, 1.165) is 23.5 Å². The molecule has 0 spiro atoms. The highest BCUT2D eigenvalue weighted by atomic mass is 35.5. The minimum absolute atomic E-state index is 0.0160. The van der Waals surface area contributed by atoms with E-state index in [9.17, 15) is 9.59 Å². The van der Waals surface area contributed by atoms with Crippen LogP contribution in [0.5, 0.6) is 0 Å². The van der Waals surface area contributed by atoms with E-state index in [4.69, 9.17) is 17.3 Å². The Morgan fingerprint density at radius 1 is 1.04 bits per heavy atom. The summed E-state index contributed by atoms with van der Waals surface area (Å²) in [5.41, 5.74) is 8.83. The normalized spacial score (nSPS) is 15.0. The third-order valence-corrected chi connectivity index (χ3v) is 5.06. The number of urea groups is 1. The summed E-state index contributed by atoms with van der Waals surface area (Å²) >= 11 is 6.12.